The maximum atomic E-state index is 11.5. The Hall–Kier alpha value is 0.206. The van der Waals surface area contributed by atoms with Crippen molar-refractivity contribution in [2.45, 2.75) is 116 Å². The molecule has 1 atom stereocenters. The topological polar surface area (TPSA) is 110 Å². The molecule has 0 rings (SSSR count). The van der Waals surface area contributed by atoms with Gasteiger partial charge in [-0.2, -0.15) is 0 Å². The molecule has 28 heavy (non-hydrogen) atoms. The van der Waals surface area contributed by atoms with Crippen molar-refractivity contribution in [2.24, 2.45) is 5.73 Å². The number of nitrogens with two attached hydrogens (primary N) is 1. The van der Waals surface area contributed by atoms with E-state index in [1.165, 1.54) is 64.2 Å². The normalized spacial score (nSPS) is 11.5. The summed E-state index contributed by atoms with van der Waals surface area (Å²) in [5.74, 6) is -2.70. The molecule has 7 heteroatoms. The third-order valence-electron chi connectivity index (χ3n) is 4.67. The quantitative estimate of drug-likeness (QED) is 0.148. The summed E-state index contributed by atoms with van der Waals surface area (Å²) in [7, 11) is 0. The minimum absolute atomic E-state index is 0. The average Bonchev–Trinajstić information content (AvgIpc) is 2.63. The third-order valence-corrected chi connectivity index (χ3v) is 4.67. The molecule has 0 aromatic heterocycles. The largest absolute Gasteiger partial charge is 1.00 e. The maximum Gasteiger partial charge on any atom is 1.00 e. The average molecular weight is 424 g/mol. The van der Waals surface area contributed by atoms with E-state index in [0.29, 0.717) is 6.42 Å². The number of esters is 2. The van der Waals surface area contributed by atoms with E-state index in [9.17, 15) is 19.5 Å². The summed E-state index contributed by atoms with van der Waals surface area (Å²) >= 11 is 0. The molecular weight excluding hydrogens is 385 g/mol. The van der Waals surface area contributed by atoms with Gasteiger partial charge in [0.2, 0.25) is 0 Å². The van der Waals surface area contributed by atoms with Gasteiger partial charge in [0, 0.05) is 18.9 Å². The zero-order chi connectivity index (χ0) is 20.3. The molecule has 0 aromatic rings. The van der Waals surface area contributed by atoms with Gasteiger partial charge in [-0.05, 0) is 12.8 Å². The summed E-state index contributed by atoms with van der Waals surface area (Å²) in [6.45, 7) is 2.24. The van der Waals surface area contributed by atoms with E-state index in [1.54, 1.807) is 0 Å². The van der Waals surface area contributed by atoms with Crippen molar-refractivity contribution in [3.63, 3.8) is 0 Å². The predicted octanol–water partition coefficient (Wildman–Crippen LogP) is 0.399. The molecule has 0 radical (unpaired) electrons. The molecule has 158 valence electrons. The first-order valence-electron chi connectivity index (χ1n) is 10.7. The van der Waals surface area contributed by atoms with Crippen LogP contribution < -0.4 is 62.2 Å². The van der Waals surface area contributed by atoms with E-state index in [4.69, 9.17) is 5.73 Å². The summed E-state index contributed by atoms with van der Waals surface area (Å²) in [5, 5.41) is 10.4. The Morgan fingerprint density at radius 1 is 0.750 bits per heavy atom. The molecule has 6 nitrogen and oxygen atoms in total. The summed E-state index contributed by atoms with van der Waals surface area (Å²) in [4.78, 5) is 33.4. The molecule has 0 fully saturated rings. The smallest absolute Gasteiger partial charge is 0.548 e. The van der Waals surface area contributed by atoms with E-state index < -0.39 is 23.9 Å². The molecule has 0 aromatic carbocycles. The van der Waals surface area contributed by atoms with Gasteiger partial charge in [-0.1, -0.05) is 84.0 Å². The molecule has 0 heterocycles. The molecule has 0 aliphatic rings. The van der Waals surface area contributed by atoms with Crippen molar-refractivity contribution in [3.8, 4) is 0 Å². The molecule has 0 amide bonds. The Balaban J connectivity index is 0. The van der Waals surface area contributed by atoms with Gasteiger partial charge in [0.25, 0.3) is 0 Å². The number of hydrogen-bond acceptors (Lipinski definition) is 6. The Labute approximate surface area is 213 Å². The minimum Gasteiger partial charge on any atom is -0.548 e. The number of hydrogen-bond donors (Lipinski definition) is 1. The number of carbonyl (C=O) groups excluding carboxylic acids is 3. The van der Waals surface area contributed by atoms with Gasteiger partial charge in [-0.15, -0.1) is 0 Å². The van der Waals surface area contributed by atoms with Gasteiger partial charge in [0.05, 0.1) is 5.97 Å². The van der Waals surface area contributed by atoms with Gasteiger partial charge in [0.15, 0.2) is 0 Å². The van der Waals surface area contributed by atoms with E-state index >= 15 is 0 Å². The first-order valence-corrected chi connectivity index (χ1v) is 10.7. The Bertz CT molecular complexity index is 418. The SMILES string of the molecule is CCCCCCCCCCCCCCCC(=O)OC(=O)CC[C@@H](N)C(=O)[O-].[K+]. The van der Waals surface area contributed by atoms with Crippen LogP contribution in [0.3, 0.4) is 0 Å². The molecule has 2 N–H and O–H groups in total. The fourth-order valence-corrected chi connectivity index (χ4v) is 2.91. The molecule has 0 aliphatic carbocycles. The van der Waals surface area contributed by atoms with Crippen molar-refractivity contribution in [2.75, 3.05) is 0 Å². The number of rotatable bonds is 18. The molecule has 0 saturated carbocycles. The van der Waals surface area contributed by atoms with E-state index in [0.717, 1.165) is 12.8 Å². The summed E-state index contributed by atoms with van der Waals surface area (Å²) < 4.78 is 4.64. The fraction of sp³-hybridized carbons (Fsp3) is 0.857. The number of ether oxygens (including phenoxy) is 1. The molecule has 0 spiro atoms. The number of carboxylic acids is 1. The molecule has 0 aliphatic heterocycles. The number of unbranched alkanes of at least 4 members (excludes halogenated alkanes) is 12. The maximum absolute atomic E-state index is 11.5. The molecule has 0 bridgehead atoms. The minimum atomic E-state index is -1.42. The van der Waals surface area contributed by atoms with Gasteiger partial charge in [-0.3, -0.25) is 9.59 Å². The number of carbonyl (C=O) groups is 3. The third kappa shape index (κ3) is 20.9. The number of aliphatic carboxylic acids is 1. The van der Waals surface area contributed by atoms with Crippen LogP contribution in [0.4, 0.5) is 0 Å². The van der Waals surface area contributed by atoms with Crippen molar-refractivity contribution < 1.29 is 75.6 Å². The molecule has 0 saturated heterocycles. The summed E-state index contributed by atoms with van der Waals surface area (Å²) in [5.41, 5.74) is 5.23. The Kier molecular flexibility index (Phi) is 23.8. The van der Waals surface area contributed by atoms with Crippen molar-refractivity contribution in [3.05, 3.63) is 0 Å². The first kappa shape index (κ1) is 30.4. The van der Waals surface area contributed by atoms with Crippen LogP contribution in [0.25, 0.3) is 0 Å². The second-order valence-corrected chi connectivity index (χ2v) is 7.30. The zero-order valence-electron chi connectivity index (χ0n) is 18.0. The standard InChI is InChI=1S/C21H39NO5.K/c1-2-3-4-5-6-7-8-9-10-11-12-13-14-15-19(23)27-20(24)17-16-18(22)21(25)26;/h18H,2-17,22H2,1H3,(H,25,26);/q;+1/p-1/t18-;/m1./s1. The van der Waals surface area contributed by atoms with Crippen LogP contribution in [-0.4, -0.2) is 23.9 Å². The van der Waals surface area contributed by atoms with Crippen molar-refractivity contribution >= 4 is 17.9 Å². The van der Waals surface area contributed by atoms with E-state index in [-0.39, 0.29) is 70.6 Å². The fourth-order valence-electron chi connectivity index (χ4n) is 2.91. The second kappa shape index (κ2) is 21.9. The van der Waals surface area contributed by atoms with Crippen molar-refractivity contribution in [1.82, 2.24) is 0 Å². The van der Waals surface area contributed by atoms with Crippen LogP contribution in [0.5, 0.6) is 0 Å². The van der Waals surface area contributed by atoms with Gasteiger partial charge in [0.1, 0.15) is 0 Å². The zero-order valence-corrected chi connectivity index (χ0v) is 21.1. The molecular formula is C21H38KNO5. The number of carboxylic acid groups (broad SMARTS) is 1. The van der Waals surface area contributed by atoms with Gasteiger partial charge < -0.3 is 20.4 Å². The van der Waals surface area contributed by atoms with Crippen LogP contribution in [0.15, 0.2) is 0 Å². The Morgan fingerprint density at radius 2 is 1.14 bits per heavy atom. The van der Waals surface area contributed by atoms with Crippen LogP contribution >= 0.6 is 0 Å². The van der Waals surface area contributed by atoms with Crippen LogP contribution in [0.2, 0.25) is 0 Å². The van der Waals surface area contributed by atoms with E-state index in [1.807, 2.05) is 0 Å². The summed E-state index contributed by atoms with van der Waals surface area (Å²) in [6, 6.07) is -1.21. The van der Waals surface area contributed by atoms with Gasteiger partial charge in [-0.25, -0.2) is 0 Å². The Morgan fingerprint density at radius 3 is 1.57 bits per heavy atom. The van der Waals surface area contributed by atoms with Crippen molar-refractivity contribution in [1.29, 1.82) is 0 Å². The van der Waals surface area contributed by atoms with Gasteiger partial charge >= 0.3 is 63.3 Å². The van der Waals surface area contributed by atoms with Crippen LogP contribution in [-0.2, 0) is 19.1 Å². The second-order valence-electron chi connectivity index (χ2n) is 7.30. The van der Waals surface area contributed by atoms with Crippen LogP contribution in [0, 0.1) is 0 Å². The predicted molar refractivity (Wildman–Crippen MR) is 104 cm³/mol. The summed E-state index contributed by atoms with van der Waals surface area (Å²) in [6.07, 6.45) is 15.8. The van der Waals surface area contributed by atoms with Crippen LogP contribution in [0.1, 0.15) is 110 Å². The molecule has 0 unspecified atom stereocenters. The first-order chi connectivity index (χ1) is 13.0. The van der Waals surface area contributed by atoms with E-state index in [2.05, 4.69) is 11.7 Å². The monoisotopic (exact) mass is 423 g/mol.